The van der Waals surface area contributed by atoms with Gasteiger partial charge in [-0.25, -0.2) is 4.98 Å². The van der Waals surface area contributed by atoms with Gasteiger partial charge in [-0.05, 0) is 67.8 Å². The zero-order valence-corrected chi connectivity index (χ0v) is 21.8. The van der Waals surface area contributed by atoms with Crippen LogP contribution in [0.15, 0.2) is 48.5 Å². The Bertz CT molecular complexity index is 1370. The van der Waals surface area contributed by atoms with Crippen LogP contribution in [0.25, 0.3) is 11.1 Å². The van der Waals surface area contributed by atoms with Crippen molar-refractivity contribution in [2.24, 2.45) is 0 Å². The lowest BCUT2D eigenvalue weighted by Crippen LogP contribution is -2.35. The maximum Gasteiger partial charge on any atom is 0.242 e. The fraction of sp³-hybridized carbons (Fsp3) is 0.241. The summed E-state index contributed by atoms with van der Waals surface area (Å²) < 4.78 is 0. The van der Waals surface area contributed by atoms with Gasteiger partial charge in [-0.3, -0.25) is 9.59 Å². The van der Waals surface area contributed by atoms with Gasteiger partial charge < -0.3 is 26.3 Å². The Morgan fingerprint density at radius 1 is 1.16 bits per heavy atom. The van der Waals surface area contributed by atoms with Crippen LogP contribution in [0.3, 0.4) is 0 Å². The zero-order valence-electron chi connectivity index (χ0n) is 21.8. The van der Waals surface area contributed by atoms with E-state index in [-0.39, 0.29) is 5.91 Å². The van der Waals surface area contributed by atoms with Crippen LogP contribution in [-0.2, 0) is 16.0 Å². The third-order valence-corrected chi connectivity index (χ3v) is 6.05. The minimum atomic E-state index is -0.399. The molecular formula is C29H32N6O2. The molecule has 4 N–H and O–H groups in total. The Balaban J connectivity index is 2.11. The van der Waals surface area contributed by atoms with Gasteiger partial charge in [0.1, 0.15) is 11.5 Å². The van der Waals surface area contributed by atoms with Crippen molar-refractivity contribution in [1.29, 1.82) is 5.41 Å². The molecule has 1 aromatic heterocycles. The molecule has 8 nitrogen and oxygen atoms in total. The highest BCUT2D eigenvalue weighted by atomic mass is 16.2. The molecule has 0 saturated heterocycles. The SMILES string of the molecule is CCc1cc(C#Cc2cc(-c3cccc(C=N)c3NC)cc(NC(=O)C(C)NC)n2)ccc1N(C)C=O. The molecule has 0 aliphatic carbocycles. The van der Waals surface area contributed by atoms with E-state index in [9.17, 15) is 9.59 Å². The lowest BCUT2D eigenvalue weighted by Gasteiger charge is -2.15. The molecule has 0 bridgehead atoms. The predicted octanol–water partition coefficient (Wildman–Crippen LogP) is 3.89. The fourth-order valence-corrected chi connectivity index (χ4v) is 3.87. The molecule has 190 valence electrons. The second-order valence-corrected chi connectivity index (χ2v) is 8.45. The predicted molar refractivity (Wildman–Crippen MR) is 151 cm³/mol. The molecule has 0 spiro atoms. The number of anilines is 3. The Hall–Kier alpha value is -4.48. The number of para-hydroxylation sites is 1. The molecule has 0 radical (unpaired) electrons. The smallest absolute Gasteiger partial charge is 0.242 e. The first kappa shape index (κ1) is 27.1. The summed E-state index contributed by atoms with van der Waals surface area (Å²) in [6, 6.07) is 14.7. The third-order valence-electron chi connectivity index (χ3n) is 6.05. The number of aryl methyl sites for hydroxylation is 1. The number of carbonyl (C=O) groups is 2. The van der Waals surface area contributed by atoms with Gasteiger partial charge in [0.25, 0.3) is 0 Å². The van der Waals surface area contributed by atoms with Crippen molar-refractivity contribution in [2.75, 3.05) is 36.7 Å². The summed E-state index contributed by atoms with van der Waals surface area (Å²) in [5.41, 5.74) is 6.34. The van der Waals surface area contributed by atoms with Crippen LogP contribution in [0.2, 0.25) is 0 Å². The average molecular weight is 497 g/mol. The fourth-order valence-electron chi connectivity index (χ4n) is 3.87. The lowest BCUT2D eigenvalue weighted by atomic mass is 10.00. The largest absolute Gasteiger partial charge is 0.387 e. The first-order valence-corrected chi connectivity index (χ1v) is 12.0. The first-order chi connectivity index (χ1) is 17.8. The van der Waals surface area contributed by atoms with Crippen LogP contribution in [0.4, 0.5) is 17.2 Å². The van der Waals surface area contributed by atoms with Gasteiger partial charge in [-0.15, -0.1) is 0 Å². The van der Waals surface area contributed by atoms with Gasteiger partial charge in [0, 0.05) is 42.7 Å². The van der Waals surface area contributed by atoms with Crippen molar-refractivity contribution in [3.05, 3.63) is 70.9 Å². The molecule has 3 aromatic rings. The highest BCUT2D eigenvalue weighted by molar-refractivity contribution is 5.96. The molecule has 2 amide bonds. The van der Waals surface area contributed by atoms with Crippen LogP contribution in [0.5, 0.6) is 0 Å². The molecule has 0 fully saturated rings. The van der Waals surface area contributed by atoms with Crippen molar-refractivity contribution in [1.82, 2.24) is 10.3 Å². The Morgan fingerprint density at radius 3 is 2.59 bits per heavy atom. The minimum Gasteiger partial charge on any atom is -0.387 e. The number of benzene rings is 2. The lowest BCUT2D eigenvalue weighted by molar-refractivity contribution is -0.117. The summed E-state index contributed by atoms with van der Waals surface area (Å²) in [6.07, 6.45) is 2.84. The molecule has 1 heterocycles. The third kappa shape index (κ3) is 6.40. The molecule has 1 atom stereocenters. The van der Waals surface area contributed by atoms with E-state index in [0.717, 1.165) is 52.0 Å². The number of nitrogens with one attached hydrogen (secondary N) is 4. The normalized spacial score (nSPS) is 11.1. The van der Waals surface area contributed by atoms with Gasteiger partial charge in [0.05, 0.1) is 11.7 Å². The van der Waals surface area contributed by atoms with Gasteiger partial charge in [0.2, 0.25) is 12.3 Å². The van der Waals surface area contributed by atoms with Gasteiger partial charge in [-0.2, -0.15) is 0 Å². The molecule has 37 heavy (non-hydrogen) atoms. The summed E-state index contributed by atoms with van der Waals surface area (Å²) in [5.74, 6) is 6.47. The van der Waals surface area contributed by atoms with E-state index in [4.69, 9.17) is 5.41 Å². The second-order valence-electron chi connectivity index (χ2n) is 8.45. The van der Waals surface area contributed by atoms with Gasteiger partial charge >= 0.3 is 0 Å². The monoisotopic (exact) mass is 496 g/mol. The standard InChI is InChI=1S/C29H32N6O2/c1-6-21-14-20(11-13-26(21)35(5)18-36)10-12-24-15-23(16-27(33-24)34-29(37)19(2)31-3)25-9-7-8-22(17-30)28(25)32-4/h7-9,11,13-19,30-32H,6H2,1-5H3,(H,33,34,37). The van der Waals surface area contributed by atoms with Crippen LogP contribution < -0.4 is 20.9 Å². The van der Waals surface area contributed by atoms with E-state index in [2.05, 4.69) is 32.8 Å². The van der Waals surface area contributed by atoms with Gasteiger partial charge in [-0.1, -0.05) is 31.0 Å². The van der Waals surface area contributed by atoms with E-state index in [0.29, 0.717) is 11.5 Å². The Morgan fingerprint density at radius 2 is 1.95 bits per heavy atom. The zero-order chi connectivity index (χ0) is 26.9. The molecule has 2 aromatic carbocycles. The summed E-state index contributed by atoms with van der Waals surface area (Å²) in [6.45, 7) is 3.80. The number of pyridine rings is 1. The number of nitrogens with zero attached hydrogens (tertiary/aromatic N) is 2. The van der Waals surface area contributed by atoms with Crippen LogP contribution >= 0.6 is 0 Å². The minimum absolute atomic E-state index is 0.212. The molecule has 8 heteroatoms. The quantitative estimate of drug-likeness (QED) is 0.204. The first-order valence-electron chi connectivity index (χ1n) is 12.0. The second kappa shape index (κ2) is 12.5. The highest BCUT2D eigenvalue weighted by Crippen LogP contribution is 2.32. The molecule has 3 rings (SSSR count). The van der Waals surface area contributed by atoms with Crippen LogP contribution in [-0.4, -0.2) is 50.7 Å². The van der Waals surface area contributed by atoms with E-state index in [1.807, 2.05) is 56.4 Å². The highest BCUT2D eigenvalue weighted by Gasteiger charge is 2.15. The summed E-state index contributed by atoms with van der Waals surface area (Å²) >= 11 is 0. The molecule has 0 aliphatic rings. The molecule has 1 unspecified atom stereocenters. The van der Waals surface area contributed by atoms with Crippen molar-refractivity contribution in [3.63, 3.8) is 0 Å². The summed E-state index contributed by atoms with van der Waals surface area (Å²) in [4.78, 5) is 29.9. The molecule has 0 aliphatic heterocycles. The Labute approximate surface area is 218 Å². The summed E-state index contributed by atoms with van der Waals surface area (Å²) in [7, 11) is 5.25. The maximum atomic E-state index is 12.6. The van der Waals surface area contributed by atoms with Crippen molar-refractivity contribution in [2.45, 2.75) is 26.3 Å². The van der Waals surface area contributed by atoms with E-state index in [1.54, 1.807) is 32.0 Å². The van der Waals surface area contributed by atoms with Crippen molar-refractivity contribution >= 4 is 35.7 Å². The van der Waals surface area contributed by atoms with Crippen LogP contribution in [0.1, 0.15) is 36.2 Å². The number of hydrogen-bond acceptors (Lipinski definition) is 6. The molecule has 0 saturated carbocycles. The van der Waals surface area contributed by atoms with Crippen LogP contribution in [0, 0.1) is 17.3 Å². The van der Waals surface area contributed by atoms with E-state index in [1.165, 1.54) is 6.21 Å². The number of likely N-dealkylation sites (N-methyl/N-ethyl adjacent to an activating group) is 1. The number of aromatic nitrogens is 1. The maximum absolute atomic E-state index is 12.6. The molecular weight excluding hydrogens is 464 g/mol. The Kier molecular flexibility index (Phi) is 9.14. The number of rotatable bonds is 9. The van der Waals surface area contributed by atoms with E-state index >= 15 is 0 Å². The average Bonchev–Trinajstić information content (AvgIpc) is 2.94. The summed E-state index contributed by atoms with van der Waals surface area (Å²) in [5, 5.41) is 16.7. The number of amides is 2. The topological polar surface area (TPSA) is 110 Å². The van der Waals surface area contributed by atoms with Gasteiger partial charge in [0.15, 0.2) is 0 Å². The number of carbonyl (C=O) groups excluding carboxylic acids is 2. The number of hydrogen-bond donors (Lipinski definition) is 4. The van der Waals surface area contributed by atoms with E-state index < -0.39 is 6.04 Å². The van der Waals surface area contributed by atoms with Crippen molar-refractivity contribution in [3.8, 4) is 23.0 Å². The van der Waals surface area contributed by atoms with Crippen molar-refractivity contribution < 1.29 is 9.59 Å².